The molecule has 1 saturated carbocycles. The fourth-order valence-corrected chi connectivity index (χ4v) is 3.33. The van der Waals surface area contributed by atoms with Crippen molar-refractivity contribution >= 4 is 0 Å². The number of rotatable bonds is 0. The minimum absolute atomic E-state index is 0.386. The van der Waals surface area contributed by atoms with Crippen LogP contribution in [0, 0.1) is 21.7 Å². The Bertz CT molecular complexity index is 254. The standard InChI is InChI=1S/C13H22/c1-10(2)7-8-11(3,4)13(6)9-12(10,13)5/h7-8H,9H2,1-6H3. The lowest BCUT2D eigenvalue weighted by atomic mass is 9.60. The molecule has 0 aromatic rings. The largest absolute Gasteiger partial charge is 0.0817 e. The van der Waals surface area contributed by atoms with Crippen molar-refractivity contribution < 1.29 is 0 Å². The highest BCUT2D eigenvalue weighted by Gasteiger charge is 2.73. The number of hydrogen-bond acceptors (Lipinski definition) is 0. The second-order valence-corrected chi connectivity index (χ2v) is 6.62. The third-order valence-electron chi connectivity index (χ3n) is 5.56. The van der Waals surface area contributed by atoms with Crippen molar-refractivity contribution in [1.82, 2.24) is 0 Å². The zero-order chi connectivity index (χ0) is 10.1. The fraction of sp³-hybridized carbons (Fsp3) is 0.846. The Morgan fingerprint density at radius 2 is 1.00 bits per heavy atom. The van der Waals surface area contributed by atoms with Crippen molar-refractivity contribution in [3.8, 4) is 0 Å². The van der Waals surface area contributed by atoms with E-state index in [9.17, 15) is 0 Å². The van der Waals surface area contributed by atoms with Gasteiger partial charge in [0.1, 0.15) is 0 Å². The maximum Gasteiger partial charge on any atom is -0.0115 e. The van der Waals surface area contributed by atoms with Gasteiger partial charge in [0.2, 0.25) is 0 Å². The third kappa shape index (κ3) is 0.782. The Balaban J connectivity index is 2.52. The smallest absolute Gasteiger partial charge is 0.0115 e. The van der Waals surface area contributed by atoms with E-state index >= 15 is 0 Å². The first-order valence-corrected chi connectivity index (χ1v) is 5.37. The summed E-state index contributed by atoms with van der Waals surface area (Å²) in [5.41, 5.74) is 1.82. The zero-order valence-electron chi connectivity index (χ0n) is 9.86. The minimum atomic E-state index is 0.386. The van der Waals surface area contributed by atoms with E-state index in [2.05, 4.69) is 53.7 Å². The van der Waals surface area contributed by atoms with E-state index in [0.717, 1.165) is 0 Å². The molecule has 2 unspecified atom stereocenters. The van der Waals surface area contributed by atoms with E-state index in [0.29, 0.717) is 21.7 Å². The monoisotopic (exact) mass is 178 g/mol. The molecule has 2 aliphatic rings. The molecule has 0 nitrogen and oxygen atoms in total. The Hall–Kier alpha value is -0.260. The van der Waals surface area contributed by atoms with Crippen LogP contribution in [-0.4, -0.2) is 0 Å². The summed E-state index contributed by atoms with van der Waals surface area (Å²) < 4.78 is 0. The summed E-state index contributed by atoms with van der Waals surface area (Å²) in [7, 11) is 0. The molecule has 0 N–H and O–H groups in total. The summed E-state index contributed by atoms with van der Waals surface area (Å²) in [5, 5.41) is 0. The second-order valence-electron chi connectivity index (χ2n) is 6.62. The quantitative estimate of drug-likeness (QED) is 0.491. The normalized spacial score (nSPS) is 50.0. The van der Waals surface area contributed by atoms with E-state index in [1.54, 1.807) is 0 Å². The highest BCUT2D eigenvalue weighted by Crippen LogP contribution is 2.80. The molecule has 0 saturated heterocycles. The SMILES string of the molecule is CC1(C)C=CC(C)(C)C2(C)CC12C. The molecule has 13 heavy (non-hydrogen) atoms. The van der Waals surface area contributed by atoms with E-state index in [1.807, 2.05) is 0 Å². The molecule has 0 aromatic carbocycles. The van der Waals surface area contributed by atoms with E-state index in [4.69, 9.17) is 0 Å². The van der Waals surface area contributed by atoms with Crippen LogP contribution in [0.15, 0.2) is 12.2 Å². The van der Waals surface area contributed by atoms with Gasteiger partial charge in [0.15, 0.2) is 0 Å². The summed E-state index contributed by atoms with van der Waals surface area (Å²) in [6, 6.07) is 0. The molecule has 0 spiro atoms. The van der Waals surface area contributed by atoms with Crippen LogP contribution in [0.3, 0.4) is 0 Å². The first kappa shape index (κ1) is 9.30. The Kier molecular flexibility index (Phi) is 1.36. The molecule has 2 rings (SSSR count). The summed E-state index contributed by atoms with van der Waals surface area (Å²) >= 11 is 0. The molecule has 1 fully saturated rings. The van der Waals surface area contributed by atoms with Gasteiger partial charge in [-0.25, -0.2) is 0 Å². The molecule has 2 aliphatic carbocycles. The number of hydrogen-bond donors (Lipinski definition) is 0. The topological polar surface area (TPSA) is 0 Å². The van der Waals surface area contributed by atoms with Gasteiger partial charge < -0.3 is 0 Å². The summed E-state index contributed by atoms with van der Waals surface area (Å²) in [6.07, 6.45) is 6.25. The Morgan fingerprint density at radius 3 is 1.31 bits per heavy atom. The molecular formula is C13H22. The van der Waals surface area contributed by atoms with E-state index in [-0.39, 0.29) is 0 Å². The third-order valence-corrected chi connectivity index (χ3v) is 5.56. The summed E-state index contributed by atoms with van der Waals surface area (Å²) in [6.45, 7) is 14.4. The molecule has 74 valence electrons. The molecule has 0 bridgehead atoms. The van der Waals surface area contributed by atoms with Gasteiger partial charge in [-0.3, -0.25) is 0 Å². The van der Waals surface area contributed by atoms with Gasteiger partial charge in [0, 0.05) is 0 Å². The maximum absolute atomic E-state index is 2.46. The summed E-state index contributed by atoms with van der Waals surface area (Å²) in [4.78, 5) is 0. The van der Waals surface area contributed by atoms with Crippen molar-refractivity contribution in [2.24, 2.45) is 21.7 Å². The molecule has 0 aromatic heterocycles. The number of fused-ring (bicyclic) bond motifs is 1. The first-order chi connectivity index (χ1) is 5.66. The van der Waals surface area contributed by atoms with Gasteiger partial charge in [-0.1, -0.05) is 53.7 Å². The van der Waals surface area contributed by atoms with Gasteiger partial charge in [-0.2, -0.15) is 0 Å². The van der Waals surface area contributed by atoms with Gasteiger partial charge >= 0.3 is 0 Å². The second kappa shape index (κ2) is 1.89. The predicted octanol–water partition coefficient (Wildman–Crippen LogP) is 4.02. The van der Waals surface area contributed by atoms with Crippen molar-refractivity contribution in [2.75, 3.05) is 0 Å². The van der Waals surface area contributed by atoms with Crippen LogP contribution >= 0.6 is 0 Å². The summed E-state index contributed by atoms with van der Waals surface area (Å²) in [5.74, 6) is 0. The van der Waals surface area contributed by atoms with Crippen LogP contribution in [0.1, 0.15) is 48.0 Å². The van der Waals surface area contributed by atoms with Crippen LogP contribution in [0.4, 0.5) is 0 Å². The van der Waals surface area contributed by atoms with Crippen molar-refractivity contribution in [3.63, 3.8) is 0 Å². The van der Waals surface area contributed by atoms with Crippen molar-refractivity contribution in [1.29, 1.82) is 0 Å². The molecule has 0 aliphatic heterocycles. The minimum Gasteiger partial charge on any atom is -0.0817 e. The van der Waals surface area contributed by atoms with Crippen molar-refractivity contribution in [2.45, 2.75) is 48.0 Å². The fourth-order valence-electron chi connectivity index (χ4n) is 3.33. The van der Waals surface area contributed by atoms with Crippen LogP contribution in [0.25, 0.3) is 0 Å². The number of allylic oxidation sites excluding steroid dienone is 2. The molecule has 0 radical (unpaired) electrons. The Labute approximate surface area is 82.4 Å². The lowest BCUT2D eigenvalue weighted by Gasteiger charge is -2.44. The highest BCUT2D eigenvalue weighted by molar-refractivity contribution is 5.31. The Morgan fingerprint density at radius 1 is 0.692 bits per heavy atom. The maximum atomic E-state index is 2.46. The average molecular weight is 178 g/mol. The van der Waals surface area contributed by atoms with Crippen LogP contribution in [0.2, 0.25) is 0 Å². The predicted molar refractivity (Wildman–Crippen MR) is 57.5 cm³/mol. The van der Waals surface area contributed by atoms with Gasteiger partial charge in [-0.05, 0) is 28.1 Å². The molecule has 0 heterocycles. The lowest BCUT2D eigenvalue weighted by Crippen LogP contribution is -2.37. The highest BCUT2D eigenvalue weighted by atomic mass is 14.8. The van der Waals surface area contributed by atoms with E-state index < -0.39 is 0 Å². The average Bonchev–Trinajstić information content (AvgIpc) is 2.54. The van der Waals surface area contributed by atoms with Crippen LogP contribution < -0.4 is 0 Å². The van der Waals surface area contributed by atoms with Gasteiger partial charge in [0.05, 0.1) is 0 Å². The molecular weight excluding hydrogens is 156 g/mol. The first-order valence-electron chi connectivity index (χ1n) is 5.37. The van der Waals surface area contributed by atoms with Crippen LogP contribution in [-0.2, 0) is 0 Å². The molecule has 2 atom stereocenters. The van der Waals surface area contributed by atoms with Crippen LogP contribution in [0.5, 0.6) is 0 Å². The van der Waals surface area contributed by atoms with E-state index in [1.165, 1.54) is 6.42 Å². The van der Waals surface area contributed by atoms with Gasteiger partial charge in [0.25, 0.3) is 0 Å². The molecule has 0 heteroatoms. The van der Waals surface area contributed by atoms with Crippen molar-refractivity contribution in [3.05, 3.63) is 12.2 Å². The van der Waals surface area contributed by atoms with Gasteiger partial charge in [-0.15, -0.1) is 0 Å². The molecule has 0 amide bonds. The zero-order valence-corrected chi connectivity index (χ0v) is 9.86. The lowest BCUT2D eigenvalue weighted by molar-refractivity contribution is 0.115.